The Balaban J connectivity index is 1.86. The van der Waals surface area contributed by atoms with Crippen LogP contribution in [0, 0.1) is 0 Å². The summed E-state index contributed by atoms with van der Waals surface area (Å²) in [5.41, 5.74) is 1.33. The van der Waals surface area contributed by atoms with E-state index in [1.54, 1.807) is 0 Å². The van der Waals surface area contributed by atoms with E-state index in [-0.39, 0.29) is 5.75 Å². The summed E-state index contributed by atoms with van der Waals surface area (Å²) >= 11 is 0. The summed E-state index contributed by atoms with van der Waals surface area (Å²) in [7, 11) is -2.97. The highest BCUT2D eigenvalue weighted by Crippen LogP contribution is 2.08. The van der Waals surface area contributed by atoms with Crippen molar-refractivity contribution < 1.29 is 8.42 Å². The fourth-order valence-electron chi connectivity index (χ4n) is 2.70. The Morgan fingerprint density at radius 3 is 2.42 bits per heavy atom. The van der Waals surface area contributed by atoms with Gasteiger partial charge in [0, 0.05) is 45.5 Å². The highest BCUT2D eigenvalue weighted by molar-refractivity contribution is 7.90. The van der Waals surface area contributed by atoms with E-state index in [9.17, 15) is 8.42 Å². The monoisotopic (exact) mass is 352 g/mol. The van der Waals surface area contributed by atoms with E-state index in [1.165, 1.54) is 11.8 Å². The van der Waals surface area contributed by atoms with Crippen molar-refractivity contribution in [3.8, 4) is 0 Å². The zero-order valence-corrected chi connectivity index (χ0v) is 15.4. The molecule has 1 saturated heterocycles. The van der Waals surface area contributed by atoms with Gasteiger partial charge in [0.05, 0.1) is 12.3 Å². The molecule has 1 fully saturated rings. The molecule has 2 rings (SSSR count). The van der Waals surface area contributed by atoms with Crippen LogP contribution < -0.4 is 5.32 Å². The number of rotatable bonds is 6. The Morgan fingerprint density at radius 1 is 1.17 bits per heavy atom. The van der Waals surface area contributed by atoms with E-state index in [0.717, 1.165) is 45.2 Å². The lowest BCUT2D eigenvalue weighted by Gasteiger charge is -2.36. The molecule has 6 nitrogen and oxygen atoms in total. The predicted molar refractivity (Wildman–Crippen MR) is 99.0 cm³/mol. The van der Waals surface area contributed by atoms with Crippen LogP contribution in [0.15, 0.2) is 35.3 Å². The van der Waals surface area contributed by atoms with Crippen LogP contribution in [0.3, 0.4) is 0 Å². The van der Waals surface area contributed by atoms with Gasteiger partial charge in [-0.05, 0) is 12.5 Å². The summed E-state index contributed by atoms with van der Waals surface area (Å²) in [4.78, 5) is 9.12. The van der Waals surface area contributed by atoms with Crippen LogP contribution in [0.5, 0.6) is 0 Å². The summed E-state index contributed by atoms with van der Waals surface area (Å²) in [5.74, 6) is 0.913. The first-order valence-corrected chi connectivity index (χ1v) is 10.5. The fraction of sp³-hybridized carbons (Fsp3) is 0.588. The molecule has 1 aromatic rings. The van der Waals surface area contributed by atoms with E-state index in [4.69, 9.17) is 0 Å². The van der Waals surface area contributed by atoms with Crippen molar-refractivity contribution in [2.45, 2.75) is 13.5 Å². The lowest BCUT2D eigenvalue weighted by Crippen LogP contribution is -2.52. The third kappa shape index (κ3) is 6.49. The second-order valence-corrected chi connectivity index (χ2v) is 8.37. The van der Waals surface area contributed by atoms with Crippen LogP contribution >= 0.6 is 0 Å². The van der Waals surface area contributed by atoms with Crippen LogP contribution in [0.2, 0.25) is 0 Å². The summed E-state index contributed by atoms with van der Waals surface area (Å²) < 4.78 is 22.5. The Morgan fingerprint density at radius 2 is 1.83 bits per heavy atom. The number of nitrogens with zero attached hydrogens (tertiary/aromatic N) is 3. The zero-order valence-electron chi connectivity index (χ0n) is 14.6. The van der Waals surface area contributed by atoms with Gasteiger partial charge in [-0.2, -0.15) is 0 Å². The molecule has 1 heterocycles. The summed E-state index contributed by atoms with van der Waals surface area (Å²) in [6, 6.07) is 10.5. The molecule has 0 radical (unpaired) electrons. The van der Waals surface area contributed by atoms with Crippen LogP contribution in [0.4, 0.5) is 0 Å². The fourth-order valence-corrected chi connectivity index (χ4v) is 3.13. The van der Waals surface area contributed by atoms with Gasteiger partial charge in [0.25, 0.3) is 0 Å². The van der Waals surface area contributed by atoms with Crippen LogP contribution in [0.25, 0.3) is 0 Å². The normalized spacial score (nSPS) is 17.1. The molecule has 1 N–H and O–H groups in total. The quantitative estimate of drug-likeness (QED) is 0.606. The molecule has 0 unspecified atom stereocenters. The smallest absolute Gasteiger partial charge is 0.194 e. The summed E-state index contributed by atoms with van der Waals surface area (Å²) in [6.45, 7) is 7.84. The van der Waals surface area contributed by atoms with Gasteiger partial charge in [-0.3, -0.25) is 9.89 Å². The van der Waals surface area contributed by atoms with Crippen LogP contribution in [-0.2, 0) is 16.4 Å². The molecule has 1 aromatic carbocycles. The first-order chi connectivity index (χ1) is 11.5. The Kier molecular flexibility index (Phi) is 7.05. The van der Waals surface area contributed by atoms with Gasteiger partial charge in [-0.1, -0.05) is 30.3 Å². The minimum Gasteiger partial charge on any atom is -0.357 e. The molecular formula is C17H28N4O2S. The van der Waals surface area contributed by atoms with Crippen molar-refractivity contribution in [3.05, 3.63) is 35.9 Å². The van der Waals surface area contributed by atoms with E-state index < -0.39 is 9.84 Å². The molecule has 0 bridgehead atoms. The van der Waals surface area contributed by atoms with Crippen molar-refractivity contribution in [3.63, 3.8) is 0 Å². The molecule has 0 aliphatic carbocycles. The largest absolute Gasteiger partial charge is 0.357 e. The average molecular weight is 353 g/mol. The first kappa shape index (κ1) is 18.7. The van der Waals surface area contributed by atoms with Crippen molar-refractivity contribution in [1.82, 2.24) is 15.1 Å². The van der Waals surface area contributed by atoms with Crippen LogP contribution in [0.1, 0.15) is 12.5 Å². The Bertz CT molecular complexity index is 623. The first-order valence-electron chi connectivity index (χ1n) is 8.45. The van der Waals surface area contributed by atoms with E-state index in [1.807, 2.05) is 13.0 Å². The molecular weight excluding hydrogens is 324 g/mol. The molecule has 0 atom stereocenters. The van der Waals surface area contributed by atoms with Crippen molar-refractivity contribution in [2.24, 2.45) is 4.99 Å². The Labute approximate surface area is 145 Å². The summed E-state index contributed by atoms with van der Waals surface area (Å²) in [6.07, 6.45) is 1.25. The van der Waals surface area contributed by atoms with Gasteiger partial charge in [-0.15, -0.1) is 0 Å². The van der Waals surface area contributed by atoms with Crippen molar-refractivity contribution in [2.75, 3.05) is 51.3 Å². The van der Waals surface area contributed by atoms with Gasteiger partial charge in [-0.25, -0.2) is 8.42 Å². The van der Waals surface area contributed by atoms with E-state index >= 15 is 0 Å². The molecule has 0 amide bonds. The Hall–Kier alpha value is -1.60. The maximum atomic E-state index is 11.3. The van der Waals surface area contributed by atoms with E-state index in [2.05, 4.69) is 44.4 Å². The lowest BCUT2D eigenvalue weighted by atomic mass is 10.2. The SMILES string of the molecule is CCNC(=NCCS(C)(=O)=O)N1CCN(Cc2ccccc2)CC1. The number of piperazine rings is 1. The molecule has 1 aliphatic heterocycles. The highest BCUT2D eigenvalue weighted by Gasteiger charge is 2.19. The third-order valence-corrected chi connectivity index (χ3v) is 4.90. The number of sulfone groups is 1. The van der Waals surface area contributed by atoms with Crippen molar-refractivity contribution >= 4 is 15.8 Å². The molecule has 7 heteroatoms. The van der Waals surface area contributed by atoms with Gasteiger partial charge >= 0.3 is 0 Å². The molecule has 0 aromatic heterocycles. The third-order valence-electron chi connectivity index (χ3n) is 3.98. The number of guanidine groups is 1. The second kappa shape index (κ2) is 9.03. The molecule has 0 spiro atoms. The van der Waals surface area contributed by atoms with Gasteiger partial charge in [0.1, 0.15) is 9.84 Å². The number of nitrogens with one attached hydrogen (secondary N) is 1. The summed E-state index contributed by atoms with van der Waals surface area (Å²) in [5, 5.41) is 3.27. The zero-order chi connectivity index (χ0) is 17.4. The number of hydrogen-bond donors (Lipinski definition) is 1. The van der Waals surface area contributed by atoms with Gasteiger partial charge in [0.15, 0.2) is 5.96 Å². The van der Waals surface area contributed by atoms with Gasteiger partial charge in [0.2, 0.25) is 0 Å². The standard InChI is InChI=1S/C17H28N4O2S/c1-3-18-17(19-9-14-24(2,22)23)21-12-10-20(11-13-21)15-16-7-5-4-6-8-16/h4-8H,3,9-15H2,1-2H3,(H,18,19). The molecule has 24 heavy (non-hydrogen) atoms. The maximum absolute atomic E-state index is 11.3. The molecule has 134 valence electrons. The topological polar surface area (TPSA) is 65.0 Å². The average Bonchev–Trinajstić information content (AvgIpc) is 2.55. The predicted octanol–water partition coefficient (Wildman–Crippen LogP) is 0.814. The van der Waals surface area contributed by atoms with Gasteiger partial charge < -0.3 is 10.2 Å². The highest BCUT2D eigenvalue weighted by atomic mass is 32.2. The number of benzene rings is 1. The van der Waals surface area contributed by atoms with E-state index in [0.29, 0.717) is 6.54 Å². The minimum atomic E-state index is -2.97. The molecule has 0 saturated carbocycles. The van der Waals surface area contributed by atoms with Crippen molar-refractivity contribution in [1.29, 1.82) is 0 Å². The number of aliphatic imine (C=N–C) groups is 1. The number of hydrogen-bond acceptors (Lipinski definition) is 4. The minimum absolute atomic E-state index is 0.0931. The maximum Gasteiger partial charge on any atom is 0.194 e. The molecule has 1 aliphatic rings. The van der Waals surface area contributed by atoms with Crippen LogP contribution in [-0.4, -0.2) is 75.5 Å². The second-order valence-electron chi connectivity index (χ2n) is 6.11. The lowest BCUT2D eigenvalue weighted by molar-refractivity contribution is 0.172.